The largest absolute Gasteiger partial charge is 0.430 e. The second kappa shape index (κ2) is 8.89. The van der Waals surface area contributed by atoms with Crippen molar-refractivity contribution in [2.24, 2.45) is 0 Å². The van der Waals surface area contributed by atoms with Gasteiger partial charge in [0.25, 0.3) is 5.60 Å². The highest BCUT2D eigenvalue weighted by Crippen LogP contribution is 2.50. The molecule has 5 nitrogen and oxygen atoms in total. The topological polar surface area (TPSA) is 75.4 Å². The van der Waals surface area contributed by atoms with E-state index < -0.39 is 29.4 Å². The number of anilines is 1. The minimum Gasteiger partial charge on any atom is -0.369 e. The van der Waals surface area contributed by atoms with Gasteiger partial charge in [0.2, 0.25) is 5.91 Å². The maximum Gasteiger partial charge on any atom is 0.430 e. The van der Waals surface area contributed by atoms with Gasteiger partial charge in [-0.25, -0.2) is 0 Å². The SMILES string of the molecule is Cc1onc(NC(=O)CCc2ccccc2)c1-c1ccc(C(O)(C(F)(F)F)C(F)(F)F)cc1. The Hall–Kier alpha value is -3.34. The van der Waals surface area contributed by atoms with Crippen LogP contribution in [0.5, 0.6) is 0 Å². The second-order valence-electron chi connectivity index (χ2n) is 7.28. The number of nitrogens with zero attached hydrogens (tertiary/aromatic N) is 1. The Bertz CT molecular complexity index is 1090. The van der Waals surface area contributed by atoms with E-state index in [-0.39, 0.29) is 29.1 Å². The highest BCUT2D eigenvalue weighted by Gasteiger charge is 2.71. The minimum absolute atomic E-state index is 0.0276. The molecule has 0 aliphatic carbocycles. The summed E-state index contributed by atoms with van der Waals surface area (Å²) < 4.78 is 83.6. The molecule has 33 heavy (non-hydrogen) atoms. The van der Waals surface area contributed by atoms with Gasteiger partial charge >= 0.3 is 12.4 Å². The van der Waals surface area contributed by atoms with Crippen LogP contribution in [0.25, 0.3) is 11.1 Å². The summed E-state index contributed by atoms with van der Waals surface area (Å²) in [5.41, 5.74) is -5.16. The molecule has 0 fully saturated rings. The molecule has 0 aliphatic heterocycles. The van der Waals surface area contributed by atoms with Crippen molar-refractivity contribution in [1.29, 1.82) is 0 Å². The first-order chi connectivity index (χ1) is 15.3. The second-order valence-corrected chi connectivity index (χ2v) is 7.28. The fourth-order valence-corrected chi connectivity index (χ4v) is 3.26. The normalized spacial score (nSPS) is 12.6. The Morgan fingerprint density at radius 3 is 2.09 bits per heavy atom. The van der Waals surface area contributed by atoms with E-state index >= 15 is 0 Å². The first-order valence-corrected chi connectivity index (χ1v) is 9.61. The summed E-state index contributed by atoms with van der Waals surface area (Å²) in [6, 6.07) is 12.1. The summed E-state index contributed by atoms with van der Waals surface area (Å²) in [6.07, 6.45) is -11.4. The Morgan fingerprint density at radius 2 is 1.55 bits per heavy atom. The summed E-state index contributed by atoms with van der Waals surface area (Å²) in [6.45, 7) is 1.47. The number of aliphatic hydroxyl groups is 1. The van der Waals surface area contributed by atoms with Crippen molar-refractivity contribution in [1.82, 2.24) is 5.16 Å². The number of halogens is 6. The number of carbonyl (C=O) groups excluding carboxylic acids is 1. The summed E-state index contributed by atoms with van der Waals surface area (Å²) in [5.74, 6) is -0.253. The number of alkyl halides is 6. The van der Waals surface area contributed by atoms with Crippen molar-refractivity contribution in [3.8, 4) is 11.1 Å². The molecule has 0 saturated heterocycles. The van der Waals surface area contributed by atoms with Gasteiger partial charge < -0.3 is 14.9 Å². The zero-order chi connectivity index (χ0) is 24.4. The summed E-state index contributed by atoms with van der Waals surface area (Å²) in [4.78, 5) is 12.3. The summed E-state index contributed by atoms with van der Waals surface area (Å²) in [7, 11) is 0. The highest BCUT2D eigenvalue weighted by atomic mass is 19.4. The van der Waals surface area contributed by atoms with Gasteiger partial charge in [-0.3, -0.25) is 4.79 Å². The van der Waals surface area contributed by atoms with E-state index in [1.807, 2.05) is 30.3 Å². The molecule has 1 aromatic heterocycles. The summed E-state index contributed by atoms with van der Waals surface area (Å²) in [5, 5.41) is 15.8. The average molecular weight is 472 g/mol. The van der Waals surface area contributed by atoms with E-state index in [1.54, 1.807) is 0 Å². The van der Waals surface area contributed by atoms with Crippen LogP contribution in [-0.2, 0) is 16.8 Å². The lowest BCUT2D eigenvalue weighted by Crippen LogP contribution is -2.53. The number of rotatable bonds is 6. The van der Waals surface area contributed by atoms with Gasteiger partial charge in [-0.1, -0.05) is 59.8 Å². The zero-order valence-corrected chi connectivity index (χ0v) is 17.1. The third kappa shape index (κ3) is 4.87. The molecule has 1 amide bonds. The third-order valence-electron chi connectivity index (χ3n) is 5.02. The fourth-order valence-electron chi connectivity index (χ4n) is 3.26. The summed E-state index contributed by atoms with van der Waals surface area (Å²) >= 11 is 0. The molecule has 0 unspecified atom stereocenters. The number of nitrogens with one attached hydrogen (secondary N) is 1. The highest BCUT2D eigenvalue weighted by molar-refractivity contribution is 5.94. The van der Waals surface area contributed by atoms with E-state index in [0.29, 0.717) is 18.6 Å². The van der Waals surface area contributed by atoms with Crippen LogP contribution in [0.2, 0.25) is 0 Å². The van der Waals surface area contributed by atoms with Gasteiger partial charge in [0, 0.05) is 12.0 Å². The van der Waals surface area contributed by atoms with E-state index in [1.165, 1.54) is 6.92 Å². The molecule has 0 aliphatic rings. The monoisotopic (exact) mass is 472 g/mol. The van der Waals surface area contributed by atoms with Gasteiger partial charge in [0.1, 0.15) is 5.76 Å². The maximum absolute atomic E-state index is 13.1. The Balaban J connectivity index is 1.83. The molecule has 176 valence electrons. The number of amides is 1. The Morgan fingerprint density at radius 1 is 0.970 bits per heavy atom. The number of hydrogen-bond donors (Lipinski definition) is 2. The van der Waals surface area contributed by atoms with Crippen LogP contribution in [-0.4, -0.2) is 28.5 Å². The number of hydrogen-bond acceptors (Lipinski definition) is 4. The molecule has 0 spiro atoms. The Labute approximate surface area is 184 Å². The molecule has 3 rings (SSSR count). The van der Waals surface area contributed by atoms with Crippen molar-refractivity contribution >= 4 is 11.7 Å². The molecule has 2 N–H and O–H groups in total. The molecule has 0 saturated carbocycles. The van der Waals surface area contributed by atoms with Crippen LogP contribution in [0.4, 0.5) is 32.2 Å². The lowest BCUT2D eigenvalue weighted by Gasteiger charge is -2.32. The average Bonchev–Trinajstić information content (AvgIpc) is 3.10. The van der Waals surface area contributed by atoms with Crippen LogP contribution < -0.4 is 5.32 Å². The van der Waals surface area contributed by atoms with E-state index in [0.717, 1.165) is 17.7 Å². The Kier molecular flexibility index (Phi) is 6.55. The fraction of sp³-hybridized carbons (Fsp3) is 0.273. The van der Waals surface area contributed by atoms with E-state index in [9.17, 15) is 36.2 Å². The van der Waals surface area contributed by atoms with Crippen molar-refractivity contribution in [3.63, 3.8) is 0 Å². The number of carbonyl (C=O) groups is 1. The van der Waals surface area contributed by atoms with Gasteiger partial charge in [-0.05, 0) is 24.5 Å². The lowest BCUT2D eigenvalue weighted by atomic mass is 9.90. The van der Waals surface area contributed by atoms with Crippen molar-refractivity contribution in [2.75, 3.05) is 5.32 Å². The molecule has 2 aromatic carbocycles. The molecule has 11 heteroatoms. The molecular formula is C22H18F6N2O3. The quantitative estimate of drug-likeness (QED) is 0.463. The predicted molar refractivity (Wildman–Crippen MR) is 106 cm³/mol. The van der Waals surface area contributed by atoms with E-state index in [4.69, 9.17) is 4.52 Å². The van der Waals surface area contributed by atoms with Crippen LogP contribution in [0, 0.1) is 6.92 Å². The molecular weight excluding hydrogens is 454 g/mol. The molecule has 0 radical (unpaired) electrons. The number of aromatic nitrogens is 1. The standard InChI is InChI=1S/C22H18F6N2O3/c1-13-18(19(30-33-13)29-17(31)12-7-14-5-3-2-4-6-14)15-8-10-16(11-9-15)20(32,21(23,24)25)22(26,27)28/h2-6,8-11,32H,7,12H2,1H3,(H,29,30,31). The van der Waals surface area contributed by atoms with Crippen molar-refractivity contribution < 1.29 is 40.8 Å². The number of aryl methyl sites for hydroxylation is 2. The van der Waals surface area contributed by atoms with Gasteiger partial charge in [0.05, 0.1) is 5.56 Å². The lowest BCUT2D eigenvalue weighted by molar-refractivity contribution is -0.376. The van der Waals surface area contributed by atoms with Gasteiger partial charge in [-0.15, -0.1) is 0 Å². The smallest absolute Gasteiger partial charge is 0.369 e. The molecule has 1 heterocycles. The minimum atomic E-state index is -5.99. The number of benzene rings is 2. The molecule has 0 bridgehead atoms. The first-order valence-electron chi connectivity index (χ1n) is 9.61. The van der Waals surface area contributed by atoms with Crippen LogP contribution in [0.15, 0.2) is 59.1 Å². The maximum atomic E-state index is 13.1. The van der Waals surface area contributed by atoms with Gasteiger partial charge in [-0.2, -0.15) is 26.3 Å². The van der Waals surface area contributed by atoms with Crippen molar-refractivity contribution in [2.45, 2.75) is 37.7 Å². The van der Waals surface area contributed by atoms with Crippen LogP contribution in [0.3, 0.4) is 0 Å². The van der Waals surface area contributed by atoms with Crippen LogP contribution >= 0.6 is 0 Å². The molecule has 0 atom stereocenters. The van der Waals surface area contributed by atoms with Crippen LogP contribution in [0.1, 0.15) is 23.3 Å². The van der Waals surface area contributed by atoms with Crippen molar-refractivity contribution in [3.05, 3.63) is 71.5 Å². The zero-order valence-electron chi connectivity index (χ0n) is 17.1. The van der Waals surface area contributed by atoms with Gasteiger partial charge in [0.15, 0.2) is 5.82 Å². The third-order valence-corrected chi connectivity index (χ3v) is 5.02. The van der Waals surface area contributed by atoms with E-state index in [2.05, 4.69) is 10.5 Å². The predicted octanol–water partition coefficient (Wildman–Crippen LogP) is 5.53. The first kappa shape index (κ1) is 24.3. The molecule has 3 aromatic rings.